The molecule has 1 aromatic heterocycles. The summed E-state index contributed by atoms with van der Waals surface area (Å²) < 4.78 is 0. The summed E-state index contributed by atoms with van der Waals surface area (Å²) >= 11 is 5.93. The Bertz CT molecular complexity index is 634. The molecule has 4 nitrogen and oxygen atoms in total. The first-order valence-electron chi connectivity index (χ1n) is 5.12. The number of nitriles is 1. The van der Waals surface area contributed by atoms with Crippen LogP contribution in [0.15, 0.2) is 42.7 Å². The van der Waals surface area contributed by atoms with Gasteiger partial charge in [0.25, 0.3) is 5.91 Å². The smallest absolute Gasteiger partial charge is 0.257 e. The average molecular weight is 258 g/mol. The zero-order valence-electron chi connectivity index (χ0n) is 9.22. The van der Waals surface area contributed by atoms with E-state index < -0.39 is 0 Å². The summed E-state index contributed by atoms with van der Waals surface area (Å²) in [5, 5.41) is 11.8. The summed E-state index contributed by atoms with van der Waals surface area (Å²) in [6.07, 6.45) is 2.79. The number of amides is 1. The number of halogens is 1. The lowest BCUT2D eigenvalue weighted by Gasteiger charge is -2.06. The van der Waals surface area contributed by atoms with Gasteiger partial charge >= 0.3 is 0 Å². The second kappa shape index (κ2) is 5.30. The van der Waals surface area contributed by atoms with Crippen molar-refractivity contribution in [3.63, 3.8) is 0 Å². The van der Waals surface area contributed by atoms with Gasteiger partial charge in [0.15, 0.2) is 0 Å². The summed E-state index contributed by atoms with van der Waals surface area (Å²) in [6, 6.07) is 10.3. The molecule has 0 spiro atoms. The van der Waals surface area contributed by atoms with Crippen molar-refractivity contribution in [2.24, 2.45) is 0 Å². The number of aromatic nitrogens is 1. The number of para-hydroxylation sites is 1. The lowest BCUT2D eigenvalue weighted by molar-refractivity contribution is 0.102. The van der Waals surface area contributed by atoms with E-state index in [1.165, 1.54) is 18.5 Å². The standard InChI is InChI=1S/C13H8ClN3O/c14-11-3-1-2-4-12(11)17-13(18)10-5-9(6-15)7-16-8-10/h1-5,7-8H,(H,17,18). The van der Waals surface area contributed by atoms with E-state index in [0.717, 1.165) is 0 Å². The number of carbonyl (C=O) groups excluding carboxylic acids is 1. The van der Waals surface area contributed by atoms with Crippen molar-refractivity contribution in [3.05, 3.63) is 58.9 Å². The second-order valence-corrected chi connectivity index (χ2v) is 3.92. The summed E-state index contributed by atoms with van der Waals surface area (Å²) in [6.45, 7) is 0. The maximum Gasteiger partial charge on any atom is 0.257 e. The van der Waals surface area contributed by atoms with E-state index >= 15 is 0 Å². The molecule has 0 fully saturated rings. The molecular formula is C13H8ClN3O. The van der Waals surface area contributed by atoms with Crippen LogP contribution in [0.25, 0.3) is 0 Å². The van der Waals surface area contributed by atoms with Crippen molar-refractivity contribution in [1.82, 2.24) is 4.98 Å². The van der Waals surface area contributed by atoms with Crippen LogP contribution in [0.2, 0.25) is 5.02 Å². The first-order chi connectivity index (χ1) is 8.70. The van der Waals surface area contributed by atoms with Gasteiger partial charge in [-0.2, -0.15) is 5.26 Å². The fraction of sp³-hybridized carbons (Fsp3) is 0. The molecule has 1 heterocycles. The molecule has 0 radical (unpaired) electrons. The molecule has 0 aliphatic heterocycles. The predicted molar refractivity (Wildman–Crippen MR) is 68.4 cm³/mol. The van der Waals surface area contributed by atoms with Crippen molar-refractivity contribution in [2.45, 2.75) is 0 Å². The van der Waals surface area contributed by atoms with Crippen LogP contribution < -0.4 is 5.32 Å². The van der Waals surface area contributed by atoms with E-state index in [9.17, 15) is 4.79 Å². The van der Waals surface area contributed by atoms with Gasteiger partial charge in [0.05, 0.1) is 21.8 Å². The molecule has 0 saturated carbocycles. The van der Waals surface area contributed by atoms with Crippen molar-refractivity contribution in [2.75, 3.05) is 5.32 Å². The van der Waals surface area contributed by atoms with Crippen LogP contribution in [0.4, 0.5) is 5.69 Å². The Labute approximate surface area is 109 Å². The number of anilines is 1. The number of hydrogen-bond donors (Lipinski definition) is 1. The fourth-order valence-electron chi connectivity index (χ4n) is 1.38. The van der Waals surface area contributed by atoms with E-state index in [2.05, 4.69) is 10.3 Å². The number of pyridine rings is 1. The highest BCUT2D eigenvalue weighted by atomic mass is 35.5. The number of rotatable bonds is 2. The molecule has 5 heteroatoms. The number of carbonyl (C=O) groups is 1. The van der Waals surface area contributed by atoms with E-state index in [-0.39, 0.29) is 5.91 Å². The topological polar surface area (TPSA) is 65.8 Å². The minimum absolute atomic E-state index is 0.314. The molecular weight excluding hydrogens is 250 g/mol. The summed E-state index contributed by atoms with van der Waals surface area (Å²) in [5.74, 6) is -0.354. The van der Waals surface area contributed by atoms with E-state index in [1.54, 1.807) is 24.3 Å². The normalized spacial score (nSPS) is 9.56. The molecule has 0 saturated heterocycles. The fourth-order valence-corrected chi connectivity index (χ4v) is 1.57. The minimum atomic E-state index is -0.354. The second-order valence-electron chi connectivity index (χ2n) is 3.51. The molecule has 2 aromatic rings. The molecule has 0 bridgehead atoms. The van der Waals surface area contributed by atoms with Crippen molar-refractivity contribution in [3.8, 4) is 6.07 Å². The Kier molecular flexibility index (Phi) is 3.56. The number of benzene rings is 1. The van der Waals surface area contributed by atoms with Crippen LogP contribution in [0.3, 0.4) is 0 Å². The van der Waals surface area contributed by atoms with Crippen LogP contribution in [-0.4, -0.2) is 10.9 Å². The van der Waals surface area contributed by atoms with Crippen LogP contribution in [-0.2, 0) is 0 Å². The summed E-state index contributed by atoms with van der Waals surface area (Å²) in [5.41, 5.74) is 1.17. The third-order valence-electron chi connectivity index (χ3n) is 2.25. The highest BCUT2D eigenvalue weighted by molar-refractivity contribution is 6.33. The van der Waals surface area contributed by atoms with Crippen LogP contribution in [0, 0.1) is 11.3 Å². The number of hydrogen-bond acceptors (Lipinski definition) is 3. The van der Waals surface area contributed by atoms with Crippen LogP contribution in [0.1, 0.15) is 15.9 Å². The Balaban J connectivity index is 2.23. The summed E-state index contributed by atoms with van der Waals surface area (Å²) in [4.78, 5) is 15.7. The third-order valence-corrected chi connectivity index (χ3v) is 2.58. The minimum Gasteiger partial charge on any atom is -0.321 e. The average Bonchev–Trinajstić information content (AvgIpc) is 2.41. The van der Waals surface area contributed by atoms with Gasteiger partial charge in [-0.1, -0.05) is 23.7 Å². The quantitative estimate of drug-likeness (QED) is 0.900. The maximum atomic E-state index is 11.9. The Morgan fingerprint density at radius 3 is 2.83 bits per heavy atom. The molecule has 2 rings (SSSR count). The van der Waals surface area contributed by atoms with Gasteiger partial charge < -0.3 is 5.32 Å². The highest BCUT2D eigenvalue weighted by Gasteiger charge is 2.09. The summed E-state index contributed by atoms with van der Waals surface area (Å²) in [7, 11) is 0. The van der Waals surface area contributed by atoms with Crippen molar-refractivity contribution >= 4 is 23.2 Å². The largest absolute Gasteiger partial charge is 0.321 e. The van der Waals surface area contributed by atoms with Gasteiger partial charge in [-0.05, 0) is 18.2 Å². The Morgan fingerprint density at radius 1 is 1.33 bits per heavy atom. The van der Waals surface area contributed by atoms with Crippen molar-refractivity contribution in [1.29, 1.82) is 5.26 Å². The number of nitrogens with one attached hydrogen (secondary N) is 1. The van der Waals surface area contributed by atoms with E-state index in [4.69, 9.17) is 16.9 Å². The maximum absolute atomic E-state index is 11.9. The molecule has 1 N–H and O–H groups in total. The van der Waals surface area contributed by atoms with Gasteiger partial charge in [-0.25, -0.2) is 0 Å². The monoisotopic (exact) mass is 257 g/mol. The van der Waals surface area contributed by atoms with Crippen LogP contribution in [0.5, 0.6) is 0 Å². The molecule has 18 heavy (non-hydrogen) atoms. The third kappa shape index (κ3) is 2.65. The molecule has 1 amide bonds. The zero-order chi connectivity index (χ0) is 13.0. The highest BCUT2D eigenvalue weighted by Crippen LogP contribution is 2.21. The number of nitrogens with zero attached hydrogens (tertiary/aromatic N) is 2. The molecule has 0 aliphatic rings. The van der Waals surface area contributed by atoms with E-state index in [0.29, 0.717) is 21.8 Å². The molecule has 0 aliphatic carbocycles. The molecule has 1 aromatic carbocycles. The van der Waals surface area contributed by atoms with Gasteiger partial charge in [-0.15, -0.1) is 0 Å². The van der Waals surface area contributed by atoms with Gasteiger partial charge in [0.2, 0.25) is 0 Å². The van der Waals surface area contributed by atoms with Gasteiger partial charge in [-0.3, -0.25) is 9.78 Å². The molecule has 0 unspecified atom stereocenters. The lowest BCUT2D eigenvalue weighted by Crippen LogP contribution is -2.12. The zero-order valence-corrected chi connectivity index (χ0v) is 9.98. The van der Waals surface area contributed by atoms with Gasteiger partial charge in [0, 0.05) is 12.4 Å². The predicted octanol–water partition coefficient (Wildman–Crippen LogP) is 2.86. The Morgan fingerprint density at radius 2 is 2.11 bits per heavy atom. The Hall–Kier alpha value is -2.38. The first-order valence-corrected chi connectivity index (χ1v) is 5.49. The van der Waals surface area contributed by atoms with Crippen molar-refractivity contribution < 1.29 is 4.79 Å². The lowest BCUT2D eigenvalue weighted by atomic mass is 10.2. The molecule has 88 valence electrons. The van der Waals surface area contributed by atoms with E-state index in [1.807, 2.05) is 6.07 Å². The van der Waals surface area contributed by atoms with Gasteiger partial charge in [0.1, 0.15) is 6.07 Å². The first kappa shape index (κ1) is 12.1. The SMILES string of the molecule is N#Cc1cncc(C(=O)Nc2ccccc2Cl)c1. The molecule has 0 atom stereocenters. The van der Waals surface area contributed by atoms with Crippen LogP contribution >= 0.6 is 11.6 Å².